The van der Waals surface area contributed by atoms with E-state index in [1.807, 2.05) is 54.9 Å². The summed E-state index contributed by atoms with van der Waals surface area (Å²) < 4.78 is 5.16. The number of amides is 1. The van der Waals surface area contributed by atoms with Crippen LogP contribution in [0.3, 0.4) is 0 Å². The van der Waals surface area contributed by atoms with Gasteiger partial charge in [0.2, 0.25) is 5.95 Å². The lowest BCUT2D eigenvalue weighted by molar-refractivity contribution is 0.140. The van der Waals surface area contributed by atoms with Gasteiger partial charge in [-0.05, 0) is 24.8 Å². The van der Waals surface area contributed by atoms with E-state index in [4.69, 9.17) is 4.74 Å². The van der Waals surface area contributed by atoms with Gasteiger partial charge in [0, 0.05) is 37.6 Å². The van der Waals surface area contributed by atoms with Crippen LogP contribution in [-0.4, -0.2) is 35.7 Å². The van der Waals surface area contributed by atoms with E-state index in [9.17, 15) is 4.79 Å². The first kappa shape index (κ1) is 17.9. The van der Waals surface area contributed by atoms with Gasteiger partial charge in [0.05, 0.1) is 0 Å². The Morgan fingerprint density at radius 1 is 1.15 bits per heavy atom. The Balaban J connectivity index is 1.33. The van der Waals surface area contributed by atoms with Crippen LogP contribution in [0.15, 0.2) is 48.8 Å². The van der Waals surface area contributed by atoms with Crippen LogP contribution in [0.4, 0.5) is 10.7 Å². The third-order valence-electron chi connectivity index (χ3n) is 4.15. The van der Waals surface area contributed by atoms with Crippen LogP contribution in [-0.2, 0) is 11.3 Å². The van der Waals surface area contributed by atoms with Crippen molar-refractivity contribution in [3.63, 3.8) is 0 Å². The molecule has 6 nitrogen and oxygen atoms in total. The topological polar surface area (TPSA) is 67.4 Å². The molecule has 3 rings (SSSR count). The number of aromatic nitrogens is 2. The number of carbonyl (C=O) groups is 1. The molecule has 1 fully saturated rings. The van der Waals surface area contributed by atoms with Crippen LogP contribution in [0.25, 0.3) is 6.08 Å². The third kappa shape index (κ3) is 5.58. The monoisotopic (exact) mass is 352 g/mol. The molecular weight excluding hydrogens is 328 g/mol. The lowest BCUT2D eigenvalue weighted by Gasteiger charge is -2.14. The summed E-state index contributed by atoms with van der Waals surface area (Å²) in [5.74, 6) is 0.808. The van der Waals surface area contributed by atoms with Crippen LogP contribution in [0, 0.1) is 0 Å². The zero-order chi connectivity index (χ0) is 18.0. The summed E-state index contributed by atoms with van der Waals surface area (Å²) in [7, 11) is 0. The number of nitrogens with one attached hydrogen (secondary N) is 1. The predicted molar refractivity (Wildman–Crippen MR) is 102 cm³/mol. The number of ether oxygens (including phenoxy) is 1. The number of carbonyl (C=O) groups excluding carboxylic acids is 1. The van der Waals surface area contributed by atoms with Crippen molar-refractivity contribution in [2.75, 3.05) is 24.5 Å². The number of alkyl carbamates (subject to hydrolysis) is 1. The maximum Gasteiger partial charge on any atom is 0.407 e. The molecule has 0 saturated carbocycles. The third-order valence-corrected chi connectivity index (χ3v) is 4.15. The molecule has 1 N–H and O–H groups in total. The van der Waals surface area contributed by atoms with Crippen LogP contribution < -0.4 is 10.2 Å². The molecule has 1 saturated heterocycles. The lowest BCUT2D eigenvalue weighted by atomic mass is 10.2. The van der Waals surface area contributed by atoms with Gasteiger partial charge in [-0.15, -0.1) is 0 Å². The van der Waals surface area contributed by atoms with Gasteiger partial charge in [-0.3, -0.25) is 0 Å². The highest BCUT2D eigenvalue weighted by atomic mass is 16.5. The van der Waals surface area contributed by atoms with Gasteiger partial charge in [-0.2, -0.15) is 0 Å². The fourth-order valence-electron chi connectivity index (χ4n) is 2.75. The van der Waals surface area contributed by atoms with Crippen molar-refractivity contribution in [1.29, 1.82) is 0 Å². The van der Waals surface area contributed by atoms with Crippen molar-refractivity contribution in [3.8, 4) is 0 Å². The molecule has 1 aliphatic heterocycles. The summed E-state index contributed by atoms with van der Waals surface area (Å²) in [4.78, 5) is 22.7. The highest BCUT2D eigenvalue weighted by Crippen LogP contribution is 2.15. The fraction of sp³-hybridized carbons (Fsp3) is 0.350. The van der Waals surface area contributed by atoms with Crippen molar-refractivity contribution in [2.45, 2.75) is 25.9 Å². The van der Waals surface area contributed by atoms with Crippen molar-refractivity contribution in [2.24, 2.45) is 0 Å². The second kappa shape index (κ2) is 9.56. The normalized spacial score (nSPS) is 13.9. The van der Waals surface area contributed by atoms with Gasteiger partial charge in [-0.25, -0.2) is 14.8 Å². The molecule has 0 unspecified atom stereocenters. The van der Waals surface area contributed by atoms with Crippen LogP contribution >= 0.6 is 0 Å². The molecular formula is C20H24N4O2. The second-order valence-corrected chi connectivity index (χ2v) is 6.19. The maximum atomic E-state index is 11.6. The van der Waals surface area contributed by atoms with E-state index in [-0.39, 0.29) is 6.61 Å². The highest BCUT2D eigenvalue weighted by Gasteiger charge is 2.13. The summed E-state index contributed by atoms with van der Waals surface area (Å²) in [6.07, 6.45) is 10.4. The quantitative estimate of drug-likeness (QED) is 0.774. The molecule has 0 aliphatic carbocycles. The first-order valence-corrected chi connectivity index (χ1v) is 8.99. The number of anilines is 1. The molecule has 26 heavy (non-hydrogen) atoms. The van der Waals surface area contributed by atoms with E-state index in [2.05, 4.69) is 20.2 Å². The molecule has 1 amide bonds. The van der Waals surface area contributed by atoms with E-state index in [1.165, 1.54) is 12.8 Å². The van der Waals surface area contributed by atoms with Gasteiger partial charge in [0.25, 0.3) is 0 Å². The zero-order valence-electron chi connectivity index (χ0n) is 14.8. The highest BCUT2D eigenvalue weighted by molar-refractivity contribution is 5.67. The van der Waals surface area contributed by atoms with Gasteiger partial charge in [0.1, 0.15) is 6.61 Å². The first-order valence-electron chi connectivity index (χ1n) is 8.99. The summed E-state index contributed by atoms with van der Waals surface area (Å²) in [5.41, 5.74) is 1.93. The number of hydrogen-bond donors (Lipinski definition) is 1. The summed E-state index contributed by atoms with van der Waals surface area (Å²) in [5, 5.41) is 2.74. The molecule has 0 bridgehead atoms. The minimum Gasteiger partial charge on any atom is -0.445 e. The Morgan fingerprint density at radius 3 is 2.62 bits per heavy atom. The van der Waals surface area contributed by atoms with Crippen LogP contribution in [0.2, 0.25) is 0 Å². The SMILES string of the molecule is O=C(NCCC=Cc1cnc(N2CCCC2)nc1)OCc1ccccc1. The van der Waals surface area contributed by atoms with E-state index < -0.39 is 6.09 Å². The largest absolute Gasteiger partial charge is 0.445 e. The zero-order valence-corrected chi connectivity index (χ0v) is 14.8. The second-order valence-electron chi connectivity index (χ2n) is 6.19. The molecule has 0 radical (unpaired) electrons. The lowest BCUT2D eigenvalue weighted by Crippen LogP contribution is -2.24. The predicted octanol–water partition coefficient (Wildman–Crippen LogP) is 3.41. The fourth-order valence-corrected chi connectivity index (χ4v) is 2.75. The summed E-state index contributed by atoms with van der Waals surface area (Å²) in [6.45, 7) is 2.89. The maximum absolute atomic E-state index is 11.6. The average Bonchev–Trinajstić information content (AvgIpc) is 3.22. The van der Waals surface area contributed by atoms with E-state index in [0.29, 0.717) is 13.0 Å². The van der Waals surface area contributed by atoms with Crippen molar-refractivity contribution in [1.82, 2.24) is 15.3 Å². The molecule has 0 atom stereocenters. The Morgan fingerprint density at radius 2 is 1.88 bits per heavy atom. The summed E-state index contributed by atoms with van der Waals surface area (Å²) >= 11 is 0. The van der Waals surface area contributed by atoms with Crippen molar-refractivity contribution < 1.29 is 9.53 Å². The Hall–Kier alpha value is -2.89. The Labute approximate surface area is 153 Å². The molecule has 2 aromatic rings. The minimum absolute atomic E-state index is 0.281. The van der Waals surface area contributed by atoms with Crippen LogP contribution in [0.1, 0.15) is 30.4 Å². The standard InChI is InChI=1S/C20H24N4O2/c25-20(26-16-17-8-2-1-3-9-17)21-11-5-4-10-18-14-22-19(23-15-18)24-12-6-7-13-24/h1-4,8-10,14-15H,5-7,11-13,16H2,(H,21,25). The molecule has 1 aromatic heterocycles. The minimum atomic E-state index is -0.402. The number of benzene rings is 1. The number of rotatable bonds is 7. The van der Waals surface area contributed by atoms with Gasteiger partial charge < -0.3 is 15.0 Å². The molecule has 136 valence electrons. The Kier molecular flexibility index (Phi) is 6.59. The van der Waals surface area contributed by atoms with Gasteiger partial charge in [-0.1, -0.05) is 42.5 Å². The smallest absolute Gasteiger partial charge is 0.407 e. The van der Waals surface area contributed by atoms with Crippen LogP contribution in [0.5, 0.6) is 0 Å². The molecule has 1 aromatic carbocycles. The Bertz CT molecular complexity index is 710. The van der Waals surface area contributed by atoms with Gasteiger partial charge in [0.15, 0.2) is 0 Å². The van der Waals surface area contributed by atoms with Gasteiger partial charge >= 0.3 is 6.09 Å². The van der Waals surface area contributed by atoms with E-state index in [1.54, 1.807) is 0 Å². The summed E-state index contributed by atoms with van der Waals surface area (Å²) in [6, 6.07) is 9.62. The first-order chi connectivity index (χ1) is 12.8. The molecule has 6 heteroatoms. The molecule has 1 aliphatic rings. The van der Waals surface area contributed by atoms with Crippen molar-refractivity contribution in [3.05, 3.63) is 59.9 Å². The number of nitrogens with zero attached hydrogens (tertiary/aromatic N) is 3. The number of hydrogen-bond acceptors (Lipinski definition) is 5. The molecule has 2 heterocycles. The van der Waals surface area contributed by atoms with Crippen molar-refractivity contribution >= 4 is 18.1 Å². The molecule has 0 spiro atoms. The average molecular weight is 352 g/mol. The van der Waals surface area contributed by atoms with E-state index in [0.717, 1.165) is 30.2 Å². The van der Waals surface area contributed by atoms with E-state index >= 15 is 0 Å².